The Balaban J connectivity index is 3.11. The number of anilines is 1. The number of aromatic hydroxyl groups is 1. The summed E-state index contributed by atoms with van der Waals surface area (Å²) in [6, 6.07) is 5.09. The fourth-order valence-electron chi connectivity index (χ4n) is 1.17. The maximum Gasteiger partial charge on any atom is 0.240 e. The van der Waals surface area contributed by atoms with Gasteiger partial charge in [0.15, 0.2) is 0 Å². The molecule has 1 aromatic rings. The molecule has 0 fully saturated rings. The highest BCUT2D eigenvalue weighted by atomic mass is 32.2. The van der Waals surface area contributed by atoms with Crippen LogP contribution in [0.2, 0.25) is 0 Å². The molecule has 96 valence electrons. The molecule has 0 aliphatic heterocycles. The zero-order valence-electron chi connectivity index (χ0n) is 9.47. The highest BCUT2D eigenvalue weighted by Gasteiger charge is 2.14. The van der Waals surface area contributed by atoms with Gasteiger partial charge in [-0.1, -0.05) is 0 Å². The van der Waals surface area contributed by atoms with Crippen LogP contribution in [0.1, 0.15) is 6.42 Å². The first-order valence-corrected chi connectivity index (χ1v) is 6.32. The standard InChI is InChI=1S/C10H11N3O4S/c1-12-18(16,17)7-2-3-9(14)8(6-7)13-10(15)4-5-11/h2-3,6,12,14H,4H2,1H3,(H,13,15). The van der Waals surface area contributed by atoms with Crippen LogP contribution in [0.3, 0.4) is 0 Å². The van der Waals surface area contributed by atoms with Crippen molar-refractivity contribution in [3.8, 4) is 11.8 Å². The minimum Gasteiger partial charge on any atom is -0.506 e. The van der Waals surface area contributed by atoms with E-state index < -0.39 is 15.9 Å². The SMILES string of the molecule is CNS(=O)(=O)c1ccc(O)c(NC(=O)CC#N)c1. The van der Waals surface area contributed by atoms with Gasteiger partial charge in [-0.3, -0.25) is 4.79 Å². The Morgan fingerprint density at radius 2 is 2.17 bits per heavy atom. The number of benzene rings is 1. The van der Waals surface area contributed by atoms with Crippen molar-refractivity contribution in [3.05, 3.63) is 18.2 Å². The van der Waals surface area contributed by atoms with Crippen LogP contribution in [-0.2, 0) is 14.8 Å². The third-order valence-corrected chi connectivity index (χ3v) is 3.47. The van der Waals surface area contributed by atoms with Gasteiger partial charge in [-0.25, -0.2) is 13.1 Å². The molecule has 0 radical (unpaired) electrons. The average molecular weight is 269 g/mol. The molecule has 18 heavy (non-hydrogen) atoms. The summed E-state index contributed by atoms with van der Waals surface area (Å²) in [5.74, 6) is -0.914. The first-order chi connectivity index (χ1) is 8.40. The fraction of sp³-hybridized carbons (Fsp3) is 0.200. The minimum absolute atomic E-state index is 0.0634. The van der Waals surface area contributed by atoms with Gasteiger partial charge in [-0.15, -0.1) is 0 Å². The van der Waals surface area contributed by atoms with Crippen LogP contribution in [-0.4, -0.2) is 26.5 Å². The number of rotatable bonds is 4. The largest absolute Gasteiger partial charge is 0.506 e. The van der Waals surface area contributed by atoms with Crippen molar-refractivity contribution in [2.45, 2.75) is 11.3 Å². The molecule has 1 amide bonds. The second-order valence-corrected chi connectivity index (χ2v) is 5.16. The Morgan fingerprint density at radius 1 is 1.50 bits per heavy atom. The average Bonchev–Trinajstić information content (AvgIpc) is 2.32. The topological polar surface area (TPSA) is 119 Å². The summed E-state index contributed by atoms with van der Waals surface area (Å²) in [6.45, 7) is 0. The van der Waals surface area contributed by atoms with Crippen LogP contribution < -0.4 is 10.0 Å². The summed E-state index contributed by atoms with van der Waals surface area (Å²) in [7, 11) is -2.42. The molecule has 0 saturated carbocycles. The van der Waals surface area contributed by atoms with Crippen molar-refractivity contribution in [1.82, 2.24) is 4.72 Å². The predicted molar refractivity (Wildman–Crippen MR) is 63.2 cm³/mol. The normalized spacial score (nSPS) is 10.7. The van der Waals surface area contributed by atoms with Crippen molar-refractivity contribution < 1.29 is 18.3 Å². The number of phenols is 1. The number of hydrogen-bond donors (Lipinski definition) is 3. The predicted octanol–water partition coefficient (Wildman–Crippen LogP) is 0.152. The summed E-state index contributed by atoms with van der Waals surface area (Å²) in [4.78, 5) is 11.1. The van der Waals surface area contributed by atoms with Gasteiger partial charge >= 0.3 is 0 Å². The van der Waals surface area contributed by atoms with Gasteiger partial charge in [0.1, 0.15) is 12.2 Å². The van der Waals surface area contributed by atoms with Crippen molar-refractivity contribution in [1.29, 1.82) is 5.26 Å². The van der Waals surface area contributed by atoms with Crippen molar-refractivity contribution in [2.75, 3.05) is 12.4 Å². The minimum atomic E-state index is -3.66. The lowest BCUT2D eigenvalue weighted by Crippen LogP contribution is -2.19. The maximum atomic E-state index is 11.5. The summed E-state index contributed by atoms with van der Waals surface area (Å²) in [5.41, 5.74) is -0.0634. The molecule has 7 nitrogen and oxygen atoms in total. The Morgan fingerprint density at radius 3 is 2.72 bits per heavy atom. The van der Waals surface area contributed by atoms with Gasteiger partial charge < -0.3 is 10.4 Å². The van der Waals surface area contributed by atoms with Crippen molar-refractivity contribution >= 4 is 21.6 Å². The van der Waals surface area contributed by atoms with Crippen molar-refractivity contribution in [2.24, 2.45) is 0 Å². The number of sulfonamides is 1. The van der Waals surface area contributed by atoms with Gasteiger partial charge in [0.25, 0.3) is 0 Å². The van der Waals surface area contributed by atoms with Gasteiger partial charge in [0.2, 0.25) is 15.9 Å². The molecule has 0 saturated heterocycles. The summed E-state index contributed by atoms with van der Waals surface area (Å²) in [6.07, 6.45) is -0.386. The third-order valence-electron chi connectivity index (χ3n) is 2.06. The Kier molecular flexibility index (Phi) is 4.25. The molecule has 0 aliphatic carbocycles. The highest BCUT2D eigenvalue weighted by Crippen LogP contribution is 2.26. The molecular formula is C10H11N3O4S. The Hall–Kier alpha value is -2.11. The number of carbonyl (C=O) groups is 1. The molecule has 0 aromatic heterocycles. The zero-order valence-corrected chi connectivity index (χ0v) is 10.3. The van der Waals surface area contributed by atoms with E-state index in [2.05, 4.69) is 10.0 Å². The fourth-order valence-corrected chi connectivity index (χ4v) is 1.92. The monoisotopic (exact) mass is 269 g/mol. The van der Waals surface area contributed by atoms with E-state index in [1.165, 1.54) is 13.1 Å². The van der Waals surface area contributed by atoms with Crippen LogP contribution in [0.5, 0.6) is 5.75 Å². The smallest absolute Gasteiger partial charge is 0.240 e. The van der Waals surface area contributed by atoms with Gasteiger partial charge in [-0.05, 0) is 25.2 Å². The lowest BCUT2D eigenvalue weighted by Gasteiger charge is -2.08. The Labute approximate surface area is 104 Å². The van der Waals surface area contributed by atoms with E-state index in [1.807, 2.05) is 0 Å². The highest BCUT2D eigenvalue weighted by molar-refractivity contribution is 7.89. The van der Waals surface area contributed by atoms with Crippen LogP contribution in [0.15, 0.2) is 23.1 Å². The summed E-state index contributed by atoms with van der Waals surface area (Å²) >= 11 is 0. The Bertz CT molecular complexity index is 604. The molecule has 0 bridgehead atoms. The number of carbonyl (C=O) groups excluding carboxylic acids is 1. The van der Waals surface area contributed by atoms with E-state index in [-0.39, 0.29) is 22.8 Å². The van der Waals surface area contributed by atoms with Gasteiger partial charge in [-0.2, -0.15) is 5.26 Å². The van der Waals surface area contributed by atoms with E-state index in [1.54, 1.807) is 6.07 Å². The summed E-state index contributed by atoms with van der Waals surface area (Å²) in [5, 5.41) is 20.0. The number of nitrogens with one attached hydrogen (secondary N) is 2. The third kappa shape index (κ3) is 3.19. The molecule has 3 N–H and O–H groups in total. The van der Waals surface area contributed by atoms with Gasteiger partial charge in [0.05, 0.1) is 16.7 Å². The number of hydrogen-bond acceptors (Lipinski definition) is 5. The summed E-state index contributed by atoms with van der Waals surface area (Å²) < 4.78 is 25.1. The second kappa shape index (κ2) is 5.48. The van der Waals surface area contributed by atoms with E-state index in [4.69, 9.17) is 5.26 Å². The molecule has 1 aromatic carbocycles. The molecule has 0 atom stereocenters. The van der Waals surface area contributed by atoms with Gasteiger partial charge in [0, 0.05) is 0 Å². The molecule has 0 unspecified atom stereocenters. The second-order valence-electron chi connectivity index (χ2n) is 3.27. The number of phenolic OH excluding ortho intramolecular Hbond substituents is 1. The number of amides is 1. The van der Waals surface area contributed by atoms with Crippen LogP contribution in [0.25, 0.3) is 0 Å². The van der Waals surface area contributed by atoms with E-state index >= 15 is 0 Å². The van der Waals surface area contributed by atoms with E-state index in [0.29, 0.717) is 0 Å². The molecule has 0 heterocycles. The maximum absolute atomic E-state index is 11.5. The molecule has 0 spiro atoms. The number of nitriles is 1. The quantitative estimate of drug-likeness (QED) is 0.672. The number of nitrogens with zero attached hydrogens (tertiary/aromatic N) is 1. The lowest BCUT2D eigenvalue weighted by molar-refractivity contribution is -0.115. The molecule has 1 rings (SSSR count). The van der Waals surface area contributed by atoms with E-state index in [0.717, 1.165) is 12.1 Å². The van der Waals surface area contributed by atoms with Crippen LogP contribution in [0.4, 0.5) is 5.69 Å². The van der Waals surface area contributed by atoms with Crippen LogP contribution in [0, 0.1) is 11.3 Å². The van der Waals surface area contributed by atoms with Crippen LogP contribution >= 0.6 is 0 Å². The first kappa shape index (κ1) is 14.0. The molecule has 0 aliphatic rings. The van der Waals surface area contributed by atoms with E-state index in [9.17, 15) is 18.3 Å². The first-order valence-electron chi connectivity index (χ1n) is 4.84. The van der Waals surface area contributed by atoms with Crippen molar-refractivity contribution in [3.63, 3.8) is 0 Å². The lowest BCUT2D eigenvalue weighted by atomic mass is 10.3. The zero-order chi connectivity index (χ0) is 13.8. The molecular weight excluding hydrogens is 258 g/mol. The molecule has 8 heteroatoms.